The summed E-state index contributed by atoms with van der Waals surface area (Å²) in [5.74, 6) is 0.570. The van der Waals surface area contributed by atoms with E-state index in [1.54, 1.807) is 0 Å². The Labute approximate surface area is 199 Å². The van der Waals surface area contributed by atoms with Crippen LogP contribution < -0.4 is 5.32 Å². The quantitative estimate of drug-likeness (QED) is 0.292. The molecule has 1 saturated carbocycles. The third-order valence-electron chi connectivity index (χ3n) is 6.09. The van der Waals surface area contributed by atoms with Gasteiger partial charge in [-0.15, -0.1) is 0 Å². The van der Waals surface area contributed by atoms with Gasteiger partial charge in [-0.1, -0.05) is 41.6 Å². The van der Waals surface area contributed by atoms with Crippen molar-refractivity contribution in [3.05, 3.63) is 40.6 Å². The van der Waals surface area contributed by atoms with Gasteiger partial charge in [0.1, 0.15) is 6.73 Å². The molecule has 172 valence electrons. The first-order valence-corrected chi connectivity index (χ1v) is 15.9. The largest absolute Gasteiger partial charge is 0.391 e. The number of nitrogens with zero attached hydrogens (tertiary/aromatic N) is 3. The zero-order valence-electron chi connectivity index (χ0n) is 19.4. The monoisotopic (exact) mass is 516 g/mol. The number of anilines is 1. The predicted octanol–water partition coefficient (Wildman–Crippen LogP) is 5.81. The van der Waals surface area contributed by atoms with E-state index in [0.717, 1.165) is 64.1 Å². The number of ether oxygens (including phenoxy) is 1. The van der Waals surface area contributed by atoms with Gasteiger partial charge in [-0.3, -0.25) is 0 Å². The molecular formula is C24H33BrN4O2Si. The second kappa shape index (κ2) is 9.63. The number of aliphatic hydroxyl groups excluding tert-OH is 1. The number of nitrogens with one attached hydrogen (secondary N) is 1. The molecule has 0 saturated heterocycles. The summed E-state index contributed by atoms with van der Waals surface area (Å²) < 4.78 is 9.26. The maximum atomic E-state index is 10.2. The van der Waals surface area contributed by atoms with Gasteiger partial charge in [0, 0.05) is 42.5 Å². The van der Waals surface area contributed by atoms with Crippen LogP contribution in [0.3, 0.4) is 0 Å². The van der Waals surface area contributed by atoms with Crippen LogP contribution in [-0.2, 0) is 11.5 Å². The smallest absolute Gasteiger partial charge is 0.223 e. The van der Waals surface area contributed by atoms with Crippen molar-refractivity contribution in [2.75, 3.05) is 11.9 Å². The maximum Gasteiger partial charge on any atom is 0.223 e. The summed E-state index contributed by atoms with van der Waals surface area (Å²) in [4.78, 5) is 9.34. The van der Waals surface area contributed by atoms with E-state index in [-0.39, 0.29) is 12.1 Å². The third kappa shape index (κ3) is 5.42. The van der Waals surface area contributed by atoms with E-state index >= 15 is 0 Å². The molecule has 2 N–H and O–H groups in total. The van der Waals surface area contributed by atoms with Gasteiger partial charge in [0.25, 0.3) is 0 Å². The lowest BCUT2D eigenvalue weighted by Crippen LogP contribution is -2.28. The minimum absolute atomic E-state index is 0.0163. The van der Waals surface area contributed by atoms with Crippen molar-refractivity contribution < 1.29 is 9.84 Å². The molecule has 2 aromatic heterocycles. The summed E-state index contributed by atoms with van der Waals surface area (Å²) in [7, 11) is -1.12. The molecule has 32 heavy (non-hydrogen) atoms. The molecule has 1 fully saturated rings. The van der Waals surface area contributed by atoms with Gasteiger partial charge in [0.15, 0.2) is 0 Å². The Kier molecular flexibility index (Phi) is 7.05. The highest BCUT2D eigenvalue weighted by Crippen LogP contribution is 2.34. The highest BCUT2D eigenvalue weighted by molar-refractivity contribution is 9.10. The molecule has 2 atom stereocenters. The first-order valence-electron chi connectivity index (χ1n) is 11.4. The summed E-state index contributed by atoms with van der Waals surface area (Å²) in [6.07, 6.45) is 6.45. The lowest BCUT2D eigenvalue weighted by atomic mass is 10.1. The Balaban J connectivity index is 1.64. The van der Waals surface area contributed by atoms with Crippen LogP contribution in [0.1, 0.15) is 24.8 Å². The van der Waals surface area contributed by atoms with Crippen molar-refractivity contribution in [2.24, 2.45) is 0 Å². The van der Waals surface area contributed by atoms with Gasteiger partial charge in [0.2, 0.25) is 5.95 Å². The minimum atomic E-state index is -1.12. The highest BCUT2D eigenvalue weighted by atomic mass is 79.9. The van der Waals surface area contributed by atoms with Crippen molar-refractivity contribution in [2.45, 2.75) is 70.7 Å². The lowest BCUT2D eigenvalue weighted by Gasteiger charge is -2.17. The van der Waals surface area contributed by atoms with Gasteiger partial charge in [-0.2, -0.15) is 0 Å². The second-order valence-electron chi connectivity index (χ2n) is 10.00. The van der Waals surface area contributed by atoms with E-state index in [0.29, 0.717) is 12.7 Å². The molecule has 0 unspecified atom stereocenters. The van der Waals surface area contributed by atoms with Crippen molar-refractivity contribution in [3.63, 3.8) is 0 Å². The third-order valence-corrected chi connectivity index (χ3v) is 8.29. The van der Waals surface area contributed by atoms with Crippen LogP contribution in [-0.4, -0.2) is 46.5 Å². The molecule has 2 heterocycles. The Morgan fingerprint density at radius 3 is 2.81 bits per heavy atom. The number of benzene rings is 1. The lowest BCUT2D eigenvalue weighted by molar-refractivity contribution is 0.0903. The second-order valence-corrected chi connectivity index (χ2v) is 16.5. The number of hydrogen-bond acceptors (Lipinski definition) is 5. The Bertz CT molecular complexity index is 1100. The van der Waals surface area contributed by atoms with E-state index < -0.39 is 8.07 Å². The first kappa shape index (κ1) is 23.4. The highest BCUT2D eigenvalue weighted by Gasteiger charge is 2.26. The first-order chi connectivity index (χ1) is 15.2. The zero-order chi connectivity index (χ0) is 22.9. The number of hydrogen-bond donors (Lipinski definition) is 2. The summed E-state index contributed by atoms with van der Waals surface area (Å²) in [5, 5.41) is 14.7. The Morgan fingerprint density at radius 1 is 1.28 bits per heavy atom. The van der Waals surface area contributed by atoms with Gasteiger partial charge in [-0.25, -0.2) is 9.97 Å². The van der Waals surface area contributed by atoms with Crippen LogP contribution in [0.25, 0.3) is 22.2 Å². The van der Waals surface area contributed by atoms with Crippen molar-refractivity contribution >= 4 is 40.9 Å². The van der Waals surface area contributed by atoms with Crippen LogP contribution in [0.15, 0.2) is 35.1 Å². The van der Waals surface area contributed by atoms with E-state index in [1.807, 2.05) is 13.1 Å². The van der Waals surface area contributed by atoms with E-state index in [4.69, 9.17) is 9.72 Å². The molecule has 0 aliphatic heterocycles. The van der Waals surface area contributed by atoms with Crippen LogP contribution in [0.5, 0.6) is 0 Å². The molecular weight excluding hydrogens is 484 g/mol. The van der Waals surface area contributed by atoms with Crippen LogP contribution in [0, 0.1) is 6.92 Å². The van der Waals surface area contributed by atoms with Gasteiger partial charge < -0.3 is 19.7 Å². The fraction of sp³-hybridized carbons (Fsp3) is 0.500. The van der Waals surface area contributed by atoms with Crippen molar-refractivity contribution in [1.29, 1.82) is 0 Å². The molecule has 6 nitrogen and oxygen atoms in total. The average molecular weight is 518 g/mol. The fourth-order valence-corrected chi connectivity index (χ4v) is 5.27. The summed E-state index contributed by atoms with van der Waals surface area (Å²) >= 11 is 3.61. The molecule has 8 heteroatoms. The van der Waals surface area contributed by atoms with E-state index in [2.05, 4.69) is 74.8 Å². The van der Waals surface area contributed by atoms with Crippen LogP contribution in [0.2, 0.25) is 25.7 Å². The number of aromatic nitrogens is 3. The minimum Gasteiger partial charge on any atom is -0.391 e. The van der Waals surface area contributed by atoms with Crippen molar-refractivity contribution in [3.8, 4) is 11.3 Å². The topological polar surface area (TPSA) is 72.2 Å². The Morgan fingerprint density at radius 2 is 2.09 bits per heavy atom. The van der Waals surface area contributed by atoms with Crippen LogP contribution in [0.4, 0.5) is 5.95 Å². The standard InChI is InChI=1S/C24H33BrN4O2Si/c1-16-13-26-24(27-20-6-5-7-22(20)30)28-23(16)19-14-29(15-31-10-11-32(2,3)4)21-12-17(25)8-9-18(19)21/h8-9,12-14,20,22,30H,5-7,10-11,15H2,1-4H3,(H,26,27,28)/t20-,22+/m0/s1. The molecule has 4 rings (SSSR count). The average Bonchev–Trinajstić information content (AvgIpc) is 3.29. The van der Waals surface area contributed by atoms with Gasteiger partial charge >= 0.3 is 0 Å². The van der Waals surface area contributed by atoms with E-state index in [9.17, 15) is 5.11 Å². The zero-order valence-corrected chi connectivity index (χ0v) is 21.9. The molecule has 0 amide bonds. The summed E-state index contributed by atoms with van der Waals surface area (Å²) in [6.45, 7) is 10.4. The number of aliphatic hydroxyl groups is 1. The summed E-state index contributed by atoms with van der Waals surface area (Å²) in [6, 6.07) is 7.49. The molecule has 1 aliphatic rings. The fourth-order valence-electron chi connectivity index (χ4n) is 4.16. The maximum absolute atomic E-state index is 10.2. The SMILES string of the molecule is Cc1cnc(N[C@H]2CCC[C@H]2O)nc1-c1cn(COCC[Si](C)(C)C)c2cc(Br)ccc12. The number of aryl methyl sites for hydroxylation is 1. The molecule has 0 spiro atoms. The number of rotatable bonds is 8. The summed E-state index contributed by atoms with van der Waals surface area (Å²) in [5.41, 5.74) is 4.10. The van der Waals surface area contributed by atoms with Crippen LogP contribution >= 0.6 is 15.9 Å². The molecule has 0 bridgehead atoms. The van der Waals surface area contributed by atoms with Gasteiger partial charge in [-0.05, 0) is 49.9 Å². The van der Waals surface area contributed by atoms with Gasteiger partial charge in [0.05, 0.1) is 23.4 Å². The number of fused-ring (bicyclic) bond motifs is 1. The molecule has 0 radical (unpaired) electrons. The predicted molar refractivity (Wildman–Crippen MR) is 137 cm³/mol. The van der Waals surface area contributed by atoms with E-state index in [1.165, 1.54) is 0 Å². The number of halogens is 1. The molecule has 1 aliphatic carbocycles. The Hall–Kier alpha value is -1.74. The normalized spacial score (nSPS) is 19.1. The molecule has 1 aromatic carbocycles. The van der Waals surface area contributed by atoms with Crippen molar-refractivity contribution in [1.82, 2.24) is 14.5 Å². The molecule has 3 aromatic rings.